The molecule has 2 amide bonds. The first-order chi connectivity index (χ1) is 13.4. The van der Waals surface area contributed by atoms with Gasteiger partial charge in [0.15, 0.2) is 6.10 Å². The number of nitrogens with one attached hydrogen (secondary N) is 2. The predicted octanol–water partition coefficient (Wildman–Crippen LogP) is 2.61. The highest BCUT2D eigenvalue weighted by molar-refractivity contribution is 9.10. The van der Waals surface area contributed by atoms with Crippen molar-refractivity contribution in [3.8, 4) is 5.75 Å². The Hall–Kier alpha value is -2.61. The standard InChI is InChI=1S/C20H21BrFN3O3/c1-13(28-18-7-4-15(22)10-17(18)21)20(27)24-11-14-2-5-16(6-3-14)25-9-8-23-19(26)12-25/h2-7,10,13H,8-9,11-12H2,1H3,(H,23,26)(H,24,27). The molecule has 1 unspecified atom stereocenters. The number of hydrogen-bond acceptors (Lipinski definition) is 4. The topological polar surface area (TPSA) is 70.7 Å². The molecule has 2 N–H and O–H groups in total. The van der Waals surface area contributed by atoms with Crippen molar-refractivity contribution in [2.45, 2.75) is 19.6 Å². The number of ether oxygens (including phenoxy) is 1. The number of benzene rings is 2. The van der Waals surface area contributed by atoms with Gasteiger partial charge in [-0.05, 0) is 58.7 Å². The Kier molecular flexibility index (Phi) is 6.51. The molecule has 0 spiro atoms. The van der Waals surface area contributed by atoms with E-state index in [-0.39, 0.29) is 17.6 Å². The fourth-order valence-corrected chi connectivity index (χ4v) is 3.28. The summed E-state index contributed by atoms with van der Waals surface area (Å²) in [6.07, 6.45) is -0.729. The van der Waals surface area contributed by atoms with Gasteiger partial charge in [-0.25, -0.2) is 4.39 Å². The van der Waals surface area contributed by atoms with Gasteiger partial charge in [0.2, 0.25) is 5.91 Å². The Balaban J connectivity index is 1.51. The monoisotopic (exact) mass is 449 g/mol. The fraction of sp³-hybridized carbons (Fsp3) is 0.300. The molecule has 8 heteroatoms. The minimum absolute atomic E-state index is 0.0179. The Morgan fingerprint density at radius 2 is 2.07 bits per heavy atom. The second-order valence-corrected chi connectivity index (χ2v) is 7.34. The van der Waals surface area contributed by atoms with Gasteiger partial charge < -0.3 is 20.3 Å². The van der Waals surface area contributed by atoms with E-state index in [0.29, 0.717) is 29.9 Å². The van der Waals surface area contributed by atoms with E-state index in [2.05, 4.69) is 26.6 Å². The van der Waals surface area contributed by atoms with Crippen LogP contribution in [0.2, 0.25) is 0 Å². The lowest BCUT2D eigenvalue weighted by Gasteiger charge is -2.28. The molecule has 1 heterocycles. The second-order valence-electron chi connectivity index (χ2n) is 6.49. The van der Waals surface area contributed by atoms with Crippen LogP contribution in [0.15, 0.2) is 46.9 Å². The fourth-order valence-electron chi connectivity index (χ4n) is 2.83. The van der Waals surface area contributed by atoms with E-state index < -0.39 is 6.10 Å². The second kappa shape index (κ2) is 9.05. The number of halogens is 2. The molecule has 1 aliphatic rings. The van der Waals surface area contributed by atoms with Gasteiger partial charge >= 0.3 is 0 Å². The number of hydrogen-bond donors (Lipinski definition) is 2. The van der Waals surface area contributed by atoms with Crippen molar-refractivity contribution in [2.24, 2.45) is 0 Å². The van der Waals surface area contributed by atoms with Crippen LogP contribution < -0.4 is 20.3 Å². The molecule has 0 saturated carbocycles. The van der Waals surface area contributed by atoms with Gasteiger partial charge in [-0.3, -0.25) is 9.59 Å². The number of carbonyl (C=O) groups is 2. The first-order valence-corrected chi connectivity index (χ1v) is 9.71. The highest BCUT2D eigenvalue weighted by Crippen LogP contribution is 2.26. The maximum absolute atomic E-state index is 13.1. The van der Waals surface area contributed by atoms with Gasteiger partial charge in [0.25, 0.3) is 5.91 Å². The summed E-state index contributed by atoms with van der Waals surface area (Å²) >= 11 is 3.22. The molecule has 28 heavy (non-hydrogen) atoms. The molecule has 0 aromatic heterocycles. The number of piperazine rings is 1. The summed E-state index contributed by atoms with van der Waals surface area (Å²) < 4.78 is 19.2. The molecule has 6 nitrogen and oxygen atoms in total. The van der Waals surface area contributed by atoms with Crippen molar-refractivity contribution in [3.63, 3.8) is 0 Å². The molecule has 0 aliphatic carbocycles. The van der Waals surface area contributed by atoms with Crippen LogP contribution in [0.5, 0.6) is 5.75 Å². The largest absolute Gasteiger partial charge is 0.480 e. The normalized spacial score (nSPS) is 15.0. The van der Waals surface area contributed by atoms with E-state index in [0.717, 1.165) is 17.8 Å². The maximum Gasteiger partial charge on any atom is 0.261 e. The quantitative estimate of drug-likeness (QED) is 0.710. The first-order valence-electron chi connectivity index (χ1n) is 8.92. The number of nitrogens with zero attached hydrogens (tertiary/aromatic N) is 1. The minimum Gasteiger partial charge on any atom is -0.480 e. The number of amides is 2. The maximum atomic E-state index is 13.1. The summed E-state index contributed by atoms with van der Waals surface area (Å²) in [4.78, 5) is 25.8. The molecule has 1 aliphatic heterocycles. The molecule has 0 radical (unpaired) electrons. The molecule has 148 valence electrons. The molecule has 3 rings (SSSR count). The summed E-state index contributed by atoms with van der Waals surface area (Å²) in [5, 5.41) is 5.62. The third-order valence-corrected chi connectivity index (χ3v) is 4.99. The van der Waals surface area contributed by atoms with Gasteiger partial charge in [-0.1, -0.05) is 12.1 Å². The highest BCUT2D eigenvalue weighted by atomic mass is 79.9. The number of anilines is 1. The zero-order valence-corrected chi connectivity index (χ0v) is 17.0. The Bertz CT molecular complexity index is 860. The van der Waals surface area contributed by atoms with Crippen molar-refractivity contribution >= 4 is 33.4 Å². The Labute approximate surface area is 171 Å². The van der Waals surface area contributed by atoms with Gasteiger partial charge in [-0.15, -0.1) is 0 Å². The van der Waals surface area contributed by atoms with E-state index in [4.69, 9.17) is 4.74 Å². The summed E-state index contributed by atoms with van der Waals surface area (Å²) in [6, 6.07) is 11.8. The lowest BCUT2D eigenvalue weighted by molar-refractivity contribution is -0.127. The lowest BCUT2D eigenvalue weighted by Crippen LogP contribution is -2.47. The van der Waals surface area contributed by atoms with Crippen molar-refractivity contribution in [3.05, 3.63) is 58.3 Å². The summed E-state index contributed by atoms with van der Waals surface area (Å²) in [7, 11) is 0. The smallest absolute Gasteiger partial charge is 0.261 e. The summed E-state index contributed by atoms with van der Waals surface area (Å²) in [5.74, 6) is -0.235. The summed E-state index contributed by atoms with van der Waals surface area (Å²) in [6.45, 7) is 3.76. The highest BCUT2D eigenvalue weighted by Gasteiger charge is 2.17. The molecule has 1 atom stereocenters. The van der Waals surface area contributed by atoms with Crippen LogP contribution in [0.25, 0.3) is 0 Å². The average molecular weight is 450 g/mol. The molecule has 1 saturated heterocycles. The van der Waals surface area contributed by atoms with Crippen molar-refractivity contribution in [1.29, 1.82) is 0 Å². The van der Waals surface area contributed by atoms with E-state index in [1.807, 2.05) is 29.2 Å². The third kappa shape index (κ3) is 5.22. The van der Waals surface area contributed by atoms with Crippen LogP contribution in [0, 0.1) is 5.82 Å². The van der Waals surface area contributed by atoms with Crippen LogP contribution in [-0.2, 0) is 16.1 Å². The van der Waals surface area contributed by atoms with Crippen molar-refractivity contribution in [1.82, 2.24) is 10.6 Å². The van der Waals surface area contributed by atoms with E-state index in [1.54, 1.807) is 6.92 Å². The van der Waals surface area contributed by atoms with Crippen molar-refractivity contribution < 1.29 is 18.7 Å². The van der Waals surface area contributed by atoms with Crippen LogP contribution in [0.1, 0.15) is 12.5 Å². The molecule has 1 fully saturated rings. The predicted molar refractivity (Wildman–Crippen MR) is 108 cm³/mol. The van der Waals surface area contributed by atoms with Crippen LogP contribution in [0.3, 0.4) is 0 Å². The molecular weight excluding hydrogens is 429 g/mol. The van der Waals surface area contributed by atoms with Crippen LogP contribution in [-0.4, -0.2) is 37.6 Å². The van der Waals surface area contributed by atoms with E-state index in [1.165, 1.54) is 18.2 Å². The van der Waals surface area contributed by atoms with Gasteiger partial charge in [-0.2, -0.15) is 0 Å². The van der Waals surface area contributed by atoms with E-state index in [9.17, 15) is 14.0 Å². The lowest BCUT2D eigenvalue weighted by atomic mass is 10.1. The van der Waals surface area contributed by atoms with E-state index >= 15 is 0 Å². The molecule has 2 aromatic carbocycles. The zero-order valence-electron chi connectivity index (χ0n) is 15.4. The van der Waals surface area contributed by atoms with Gasteiger partial charge in [0.1, 0.15) is 11.6 Å². The minimum atomic E-state index is -0.729. The van der Waals surface area contributed by atoms with Gasteiger partial charge in [0, 0.05) is 25.3 Å². The number of rotatable bonds is 6. The van der Waals surface area contributed by atoms with Crippen LogP contribution in [0.4, 0.5) is 10.1 Å². The Morgan fingerprint density at radius 1 is 1.32 bits per heavy atom. The zero-order chi connectivity index (χ0) is 20.1. The first kappa shape index (κ1) is 20.1. The van der Waals surface area contributed by atoms with Crippen LogP contribution >= 0.6 is 15.9 Å². The SMILES string of the molecule is CC(Oc1ccc(F)cc1Br)C(=O)NCc1ccc(N2CCNC(=O)C2)cc1. The summed E-state index contributed by atoms with van der Waals surface area (Å²) in [5.41, 5.74) is 1.91. The van der Waals surface area contributed by atoms with Gasteiger partial charge in [0.05, 0.1) is 11.0 Å². The Morgan fingerprint density at radius 3 is 2.75 bits per heavy atom. The molecular formula is C20H21BrFN3O3. The average Bonchev–Trinajstić information content (AvgIpc) is 2.68. The number of carbonyl (C=O) groups excluding carboxylic acids is 2. The molecule has 2 aromatic rings. The van der Waals surface area contributed by atoms with Crippen molar-refractivity contribution in [2.75, 3.05) is 24.5 Å². The third-order valence-electron chi connectivity index (χ3n) is 4.37. The molecule has 0 bridgehead atoms.